The van der Waals surface area contributed by atoms with Crippen LogP contribution in [0.25, 0.3) is 0 Å². The molecule has 9 heavy (non-hydrogen) atoms. The highest BCUT2D eigenvalue weighted by molar-refractivity contribution is 5.07. The highest BCUT2D eigenvalue weighted by atomic mass is 15.0. The molecule has 0 aromatic heterocycles. The predicted octanol–water partition coefficient (Wildman–Crippen LogP) is -0.0569. The Bertz CT molecular complexity index is 135. The number of hydrogen-bond acceptors (Lipinski definition) is 2. The van der Waals surface area contributed by atoms with E-state index in [1.165, 1.54) is 13.0 Å². The molecule has 3 atom stereocenters. The zero-order valence-corrected chi connectivity index (χ0v) is 5.85. The molecule has 2 aliphatic rings. The SMILES string of the molecule is C[C@@]12CNC[C@H]1[C@H](N)C2. The molecule has 1 heterocycles. The van der Waals surface area contributed by atoms with Gasteiger partial charge in [-0.05, 0) is 17.8 Å². The number of rotatable bonds is 0. The van der Waals surface area contributed by atoms with Gasteiger partial charge >= 0.3 is 0 Å². The minimum atomic E-state index is 0.491. The zero-order chi connectivity index (χ0) is 6.48. The van der Waals surface area contributed by atoms with Crippen molar-refractivity contribution in [3.05, 3.63) is 0 Å². The molecule has 52 valence electrons. The van der Waals surface area contributed by atoms with Crippen LogP contribution in [0.5, 0.6) is 0 Å². The van der Waals surface area contributed by atoms with Crippen molar-refractivity contribution in [2.45, 2.75) is 19.4 Å². The average molecular weight is 126 g/mol. The van der Waals surface area contributed by atoms with Crippen molar-refractivity contribution in [1.82, 2.24) is 5.32 Å². The minimum absolute atomic E-state index is 0.491. The summed E-state index contributed by atoms with van der Waals surface area (Å²) < 4.78 is 0. The summed E-state index contributed by atoms with van der Waals surface area (Å²) in [7, 11) is 0. The molecule has 0 bridgehead atoms. The van der Waals surface area contributed by atoms with Crippen LogP contribution in [0, 0.1) is 11.3 Å². The Morgan fingerprint density at radius 1 is 1.67 bits per heavy atom. The van der Waals surface area contributed by atoms with E-state index < -0.39 is 0 Å². The van der Waals surface area contributed by atoms with Crippen LogP contribution >= 0.6 is 0 Å². The van der Waals surface area contributed by atoms with Crippen LogP contribution in [0.4, 0.5) is 0 Å². The second-order valence-electron chi connectivity index (χ2n) is 3.76. The first-order chi connectivity index (χ1) is 4.22. The van der Waals surface area contributed by atoms with E-state index in [-0.39, 0.29) is 0 Å². The Hall–Kier alpha value is -0.0800. The molecule has 0 unspecified atom stereocenters. The van der Waals surface area contributed by atoms with E-state index in [1.807, 2.05) is 0 Å². The molecule has 0 spiro atoms. The fourth-order valence-electron chi connectivity index (χ4n) is 2.30. The number of nitrogens with two attached hydrogens (primary N) is 1. The van der Waals surface area contributed by atoms with E-state index >= 15 is 0 Å². The molecular weight excluding hydrogens is 112 g/mol. The van der Waals surface area contributed by atoms with Crippen molar-refractivity contribution >= 4 is 0 Å². The second kappa shape index (κ2) is 1.50. The molecule has 2 fully saturated rings. The maximum absolute atomic E-state index is 5.81. The largest absolute Gasteiger partial charge is 0.327 e. The van der Waals surface area contributed by atoms with Crippen molar-refractivity contribution in [2.75, 3.05) is 13.1 Å². The summed E-state index contributed by atoms with van der Waals surface area (Å²) in [4.78, 5) is 0. The average Bonchev–Trinajstić information content (AvgIpc) is 2.06. The van der Waals surface area contributed by atoms with Gasteiger partial charge in [0.05, 0.1) is 0 Å². The number of nitrogens with one attached hydrogen (secondary N) is 1. The smallest absolute Gasteiger partial charge is 0.00907 e. The summed E-state index contributed by atoms with van der Waals surface area (Å²) in [5, 5.41) is 3.38. The van der Waals surface area contributed by atoms with E-state index in [0.29, 0.717) is 11.5 Å². The third-order valence-electron chi connectivity index (χ3n) is 3.01. The summed E-state index contributed by atoms with van der Waals surface area (Å²) in [6.45, 7) is 4.67. The maximum Gasteiger partial charge on any atom is 0.00907 e. The molecule has 1 aliphatic heterocycles. The van der Waals surface area contributed by atoms with Gasteiger partial charge in [0.1, 0.15) is 0 Å². The Labute approximate surface area is 55.8 Å². The van der Waals surface area contributed by atoms with Gasteiger partial charge in [-0.25, -0.2) is 0 Å². The lowest BCUT2D eigenvalue weighted by molar-refractivity contribution is 0.0770. The highest BCUT2D eigenvalue weighted by Gasteiger charge is 2.51. The van der Waals surface area contributed by atoms with Crippen LogP contribution < -0.4 is 11.1 Å². The Morgan fingerprint density at radius 3 is 2.89 bits per heavy atom. The first-order valence-electron chi connectivity index (χ1n) is 3.69. The molecule has 3 N–H and O–H groups in total. The van der Waals surface area contributed by atoms with Gasteiger partial charge in [-0.2, -0.15) is 0 Å². The zero-order valence-electron chi connectivity index (χ0n) is 5.85. The van der Waals surface area contributed by atoms with Crippen LogP contribution in [0.15, 0.2) is 0 Å². The molecule has 0 amide bonds. The molecule has 2 heteroatoms. The summed E-state index contributed by atoms with van der Waals surface area (Å²) in [5.74, 6) is 0.775. The Balaban J connectivity index is 2.13. The van der Waals surface area contributed by atoms with Crippen molar-refractivity contribution < 1.29 is 0 Å². The lowest BCUT2D eigenvalue weighted by atomic mass is 9.60. The van der Waals surface area contributed by atoms with Gasteiger partial charge in [0.25, 0.3) is 0 Å². The molecule has 2 rings (SSSR count). The van der Waals surface area contributed by atoms with E-state index in [4.69, 9.17) is 5.73 Å². The third kappa shape index (κ3) is 0.578. The summed E-state index contributed by atoms with van der Waals surface area (Å²) in [6.07, 6.45) is 1.23. The van der Waals surface area contributed by atoms with Crippen molar-refractivity contribution in [1.29, 1.82) is 0 Å². The van der Waals surface area contributed by atoms with Gasteiger partial charge in [0.2, 0.25) is 0 Å². The van der Waals surface area contributed by atoms with E-state index in [2.05, 4.69) is 12.2 Å². The molecule has 1 saturated carbocycles. The van der Waals surface area contributed by atoms with Gasteiger partial charge in [0, 0.05) is 19.1 Å². The van der Waals surface area contributed by atoms with Crippen LogP contribution in [0.1, 0.15) is 13.3 Å². The molecular formula is C7H14N2. The summed E-state index contributed by atoms with van der Waals surface area (Å²) in [5.41, 5.74) is 6.38. The first-order valence-corrected chi connectivity index (χ1v) is 3.69. The number of hydrogen-bond donors (Lipinski definition) is 2. The summed E-state index contributed by atoms with van der Waals surface area (Å²) >= 11 is 0. The van der Waals surface area contributed by atoms with Gasteiger partial charge in [-0.1, -0.05) is 6.92 Å². The standard InChI is InChI=1S/C7H14N2/c1-7-2-6(8)5(7)3-9-4-7/h5-6,9H,2-4,8H2,1H3/t5-,6+,7+/m0/s1. The quantitative estimate of drug-likeness (QED) is 0.477. The normalized spacial score (nSPS) is 56.7. The minimum Gasteiger partial charge on any atom is -0.327 e. The Morgan fingerprint density at radius 2 is 2.44 bits per heavy atom. The van der Waals surface area contributed by atoms with Crippen molar-refractivity contribution in [3.8, 4) is 0 Å². The lowest BCUT2D eigenvalue weighted by Crippen LogP contribution is -2.53. The molecule has 1 aliphatic carbocycles. The fourth-order valence-corrected chi connectivity index (χ4v) is 2.30. The lowest BCUT2D eigenvalue weighted by Gasteiger charge is -2.46. The third-order valence-corrected chi connectivity index (χ3v) is 3.01. The summed E-state index contributed by atoms with van der Waals surface area (Å²) in [6, 6.07) is 0.491. The molecule has 1 saturated heterocycles. The van der Waals surface area contributed by atoms with Gasteiger partial charge in [-0.15, -0.1) is 0 Å². The maximum atomic E-state index is 5.81. The topological polar surface area (TPSA) is 38.0 Å². The van der Waals surface area contributed by atoms with Crippen LogP contribution in [-0.4, -0.2) is 19.1 Å². The van der Waals surface area contributed by atoms with Gasteiger partial charge < -0.3 is 11.1 Å². The van der Waals surface area contributed by atoms with Crippen molar-refractivity contribution in [3.63, 3.8) is 0 Å². The van der Waals surface area contributed by atoms with E-state index in [9.17, 15) is 0 Å². The monoisotopic (exact) mass is 126 g/mol. The molecule has 0 aromatic rings. The molecule has 0 aromatic carbocycles. The Kier molecular flexibility index (Phi) is 0.945. The van der Waals surface area contributed by atoms with Gasteiger partial charge in [0.15, 0.2) is 0 Å². The van der Waals surface area contributed by atoms with E-state index in [0.717, 1.165) is 12.5 Å². The van der Waals surface area contributed by atoms with Crippen molar-refractivity contribution in [2.24, 2.45) is 17.1 Å². The predicted molar refractivity (Wildman–Crippen MR) is 37.1 cm³/mol. The molecule has 0 radical (unpaired) electrons. The molecule has 2 nitrogen and oxygen atoms in total. The van der Waals surface area contributed by atoms with Crippen LogP contribution in [0.2, 0.25) is 0 Å². The van der Waals surface area contributed by atoms with Crippen LogP contribution in [-0.2, 0) is 0 Å². The fraction of sp³-hybridized carbons (Fsp3) is 1.00. The highest BCUT2D eigenvalue weighted by Crippen LogP contribution is 2.47. The first kappa shape index (κ1) is 5.69. The van der Waals surface area contributed by atoms with Gasteiger partial charge in [-0.3, -0.25) is 0 Å². The second-order valence-corrected chi connectivity index (χ2v) is 3.76. The number of fused-ring (bicyclic) bond motifs is 1. The van der Waals surface area contributed by atoms with Crippen LogP contribution in [0.3, 0.4) is 0 Å². The van der Waals surface area contributed by atoms with E-state index in [1.54, 1.807) is 0 Å².